The van der Waals surface area contributed by atoms with Crippen LogP contribution in [-0.2, 0) is 11.2 Å². The van der Waals surface area contributed by atoms with E-state index in [9.17, 15) is 9.90 Å². The maximum Gasteiger partial charge on any atom is 0.306 e. The highest BCUT2D eigenvalue weighted by Gasteiger charge is 2.39. The molecular formula is C30H32O3. The molecule has 3 atom stereocenters. The summed E-state index contributed by atoms with van der Waals surface area (Å²) in [7, 11) is 0. The Kier molecular flexibility index (Phi) is 5.74. The number of aryl methyl sites for hydroxylation is 2. The molecule has 3 aromatic rings. The molecule has 3 aromatic carbocycles. The third-order valence-electron chi connectivity index (χ3n) is 7.59. The predicted molar refractivity (Wildman–Crippen MR) is 132 cm³/mol. The lowest BCUT2D eigenvalue weighted by atomic mass is 9.81. The summed E-state index contributed by atoms with van der Waals surface area (Å²) < 4.78 is 6.15. The molecule has 1 N–H and O–H groups in total. The van der Waals surface area contributed by atoms with Gasteiger partial charge in [0.15, 0.2) is 0 Å². The van der Waals surface area contributed by atoms with Gasteiger partial charge in [-0.2, -0.15) is 0 Å². The first-order valence-corrected chi connectivity index (χ1v) is 12.1. The van der Waals surface area contributed by atoms with Gasteiger partial charge in [0.05, 0.1) is 12.5 Å². The number of carboxylic acid groups (broad SMARTS) is 1. The Morgan fingerprint density at radius 2 is 1.70 bits per heavy atom. The molecule has 0 radical (unpaired) electrons. The van der Waals surface area contributed by atoms with Gasteiger partial charge in [0.2, 0.25) is 0 Å². The van der Waals surface area contributed by atoms with E-state index in [4.69, 9.17) is 4.74 Å². The standard InChI is InChI=1S/C30H32O3/c1-18-5-4-6-19(2)28(18)22-9-7-21(8-10-22)26-16-25-15-24(13-14-27(25)33-17-26)29(23-11-12-23)20(3)30(31)32/h4-10,13-15,20,23,26,29H,11-12,16-17H2,1-3H3,(H,31,32)/t20-,26?,29?/m0/s1. The summed E-state index contributed by atoms with van der Waals surface area (Å²) >= 11 is 0. The molecule has 3 heteroatoms. The van der Waals surface area contributed by atoms with Crippen molar-refractivity contribution in [3.8, 4) is 16.9 Å². The number of ether oxygens (including phenoxy) is 1. The first-order chi connectivity index (χ1) is 15.9. The Balaban J connectivity index is 1.39. The summed E-state index contributed by atoms with van der Waals surface area (Å²) in [5.74, 6) is 0.753. The minimum absolute atomic E-state index is 0.0878. The van der Waals surface area contributed by atoms with Crippen LogP contribution >= 0.6 is 0 Å². The lowest BCUT2D eigenvalue weighted by Crippen LogP contribution is -2.22. The predicted octanol–water partition coefficient (Wildman–Crippen LogP) is 6.90. The van der Waals surface area contributed by atoms with Crippen molar-refractivity contribution in [3.05, 3.63) is 88.5 Å². The highest BCUT2D eigenvalue weighted by molar-refractivity contribution is 5.72. The van der Waals surface area contributed by atoms with E-state index in [1.165, 1.54) is 33.4 Å². The normalized spacial score (nSPS) is 19.3. The van der Waals surface area contributed by atoms with E-state index in [0.29, 0.717) is 18.4 Å². The second-order valence-corrected chi connectivity index (χ2v) is 9.96. The zero-order valence-electron chi connectivity index (χ0n) is 19.7. The highest BCUT2D eigenvalue weighted by atomic mass is 16.5. The van der Waals surface area contributed by atoms with Crippen LogP contribution in [0, 0.1) is 25.7 Å². The van der Waals surface area contributed by atoms with Gasteiger partial charge in [-0.15, -0.1) is 0 Å². The molecule has 33 heavy (non-hydrogen) atoms. The first kappa shape index (κ1) is 21.8. The Morgan fingerprint density at radius 3 is 2.33 bits per heavy atom. The number of hydrogen-bond acceptors (Lipinski definition) is 2. The van der Waals surface area contributed by atoms with Crippen molar-refractivity contribution in [1.29, 1.82) is 0 Å². The Morgan fingerprint density at radius 1 is 1.00 bits per heavy atom. The van der Waals surface area contributed by atoms with E-state index in [1.807, 2.05) is 6.92 Å². The maximum atomic E-state index is 11.7. The topological polar surface area (TPSA) is 46.5 Å². The van der Waals surface area contributed by atoms with E-state index in [-0.39, 0.29) is 11.8 Å². The van der Waals surface area contributed by atoms with Crippen molar-refractivity contribution >= 4 is 5.97 Å². The van der Waals surface area contributed by atoms with Crippen molar-refractivity contribution in [2.45, 2.75) is 51.9 Å². The van der Waals surface area contributed by atoms with E-state index in [1.54, 1.807) is 0 Å². The number of benzene rings is 3. The molecule has 2 aliphatic rings. The molecule has 0 spiro atoms. The first-order valence-electron chi connectivity index (χ1n) is 12.1. The number of aliphatic carboxylic acids is 1. The number of fused-ring (bicyclic) bond motifs is 1. The van der Waals surface area contributed by atoms with Crippen LogP contribution < -0.4 is 4.74 Å². The zero-order valence-corrected chi connectivity index (χ0v) is 19.7. The Bertz CT molecular complexity index is 1150. The second-order valence-electron chi connectivity index (χ2n) is 9.96. The third-order valence-corrected chi connectivity index (χ3v) is 7.59. The van der Waals surface area contributed by atoms with E-state index in [2.05, 4.69) is 74.5 Å². The molecule has 2 unspecified atom stereocenters. The van der Waals surface area contributed by atoms with Crippen LogP contribution in [0.1, 0.15) is 59.4 Å². The van der Waals surface area contributed by atoms with Gasteiger partial charge in [-0.1, -0.05) is 61.5 Å². The van der Waals surface area contributed by atoms with Crippen LogP contribution in [0.15, 0.2) is 60.7 Å². The number of hydrogen-bond donors (Lipinski definition) is 1. The number of carbonyl (C=O) groups is 1. The lowest BCUT2D eigenvalue weighted by Gasteiger charge is -2.28. The summed E-state index contributed by atoms with van der Waals surface area (Å²) in [6, 6.07) is 21.7. The zero-order chi connectivity index (χ0) is 23.1. The minimum Gasteiger partial charge on any atom is -0.493 e. The summed E-state index contributed by atoms with van der Waals surface area (Å²) in [6.45, 7) is 6.86. The second kappa shape index (κ2) is 8.70. The molecule has 170 valence electrons. The van der Waals surface area contributed by atoms with E-state index in [0.717, 1.165) is 30.6 Å². The van der Waals surface area contributed by atoms with Gasteiger partial charge in [0.25, 0.3) is 0 Å². The van der Waals surface area contributed by atoms with Crippen LogP contribution in [0.2, 0.25) is 0 Å². The van der Waals surface area contributed by atoms with Crippen LogP contribution in [-0.4, -0.2) is 17.7 Å². The largest absolute Gasteiger partial charge is 0.493 e. The van der Waals surface area contributed by atoms with Gasteiger partial charge in [-0.05, 0) is 90.0 Å². The van der Waals surface area contributed by atoms with Gasteiger partial charge in [0.1, 0.15) is 5.75 Å². The van der Waals surface area contributed by atoms with Gasteiger partial charge in [0, 0.05) is 5.92 Å². The fourth-order valence-electron chi connectivity index (χ4n) is 5.61. The van der Waals surface area contributed by atoms with E-state index >= 15 is 0 Å². The van der Waals surface area contributed by atoms with Crippen LogP contribution in [0.25, 0.3) is 11.1 Å². The fourth-order valence-corrected chi connectivity index (χ4v) is 5.61. The van der Waals surface area contributed by atoms with Crippen molar-refractivity contribution in [1.82, 2.24) is 0 Å². The minimum atomic E-state index is -0.706. The summed E-state index contributed by atoms with van der Waals surface area (Å²) in [4.78, 5) is 11.7. The van der Waals surface area contributed by atoms with Gasteiger partial charge >= 0.3 is 5.97 Å². The summed E-state index contributed by atoms with van der Waals surface area (Å²) in [5.41, 5.74) is 8.81. The van der Waals surface area contributed by atoms with Crippen LogP contribution in [0.3, 0.4) is 0 Å². The smallest absolute Gasteiger partial charge is 0.306 e. The molecule has 1 fully saturated rings. The van der Waals surface area contributed by atoms with Crippen molar-refractivity contribution in [3.63, 3.8) is 0 Å². The van der Waals surface area contributed by atoms with Gasteiger partial charge < -0.3 is 9.84 Å². The fraction of sp³-hybridized carbons (Fsp3) is 0.367. The van der Waals surface area contributed by atoms with Crippen LogP contribution in [0.4, 0.5) is 0 Å². The monoisotopic (exact) mass is 440 g/mol. The molecule has 0 bridgehead atoms. The molecule has 1 aliphatic carbocycles. The van der Waals surface area contributed by atoms with Crippen LogP contribution in [0.5, 0.6) is 5.75 Å². The summed E-state index contributed by atoms with van der Waals surface area (Å²) in [5, 5.41) is 9.63. The molecule has 1 heterocycles. The third kappa shape index (κ3) is 4.29. The average Bonchev–Trinajstić information content (AvgIpc) is 3.64. The van der Waals surface area contributed by atoms with E-state index < -0.39 is 5.97 Å². The van der Waals surface area contributed by atoms with Crippen molar-refractivity contribution < 1.29 is 14.6 Å². The lowest BCUT2D eigenvalue weighted by molar-refractivity contribution is -0.142. The maximum absolute atomic E-state index is 11.7. The number of carboxylic acids is 1. The molecule has 5 rings (SSSR count). The number of rotatable bonds is 6. The van der Waals surface area contributed by atoms with Crippen molar-refractivity contribution in [2.24, 2.45) is 11.8 Å². The molecule has 1 aliphatic heterocycles. The molecule has 1 saturated carbocycles. The molecule has 0 amide bonds. The SMILES string of the molecule is Cc1cccc(C)c1-c1ccc(C2COc3ccc(C(C4CC4)[C@H](C)C(=O)O)cc3C2)cc1. The average molecular weight is 441 g/mol. The van der Waals surface area contributed by atoms with Crippen molar-refractivity contribution in [2.75, 3.05) is 6.61 Å². The Labute approximate surface area is 196 Å². The Hall–Kier alpha value is -3.07. The molecular weight excluding hydrogens is 408 g/mol. The highest BCUT2D eigenvalue weighted by Crippen LogP contribution is 2.48. The molecule has 0 saturated heterocycles. The quantitative estimate of drug-likeness (QED) is 0.453. The molecule has 0 aromatic heterocycles. The van der Waals surface area contributed by atoms with Gasteiger partial charge in [-0.3, -0.25) is 4.79 Å². The molecule has 3 nitrogen and oxygen atoms in total. The van der Waals surface area contributed by atoms with Gasteiger partial charge in [-0.25, -0.2) is 0 Å². The summed E-state index contributed by atoms with van der Waals surface area (Å²) in [6.07, 6.45) is 3.18.